The summed E-state index contributed by atoms with van der Waals surface area (Å²) in [6, 6.07) is -0.408. The SMILES string of the molecule is CN(C)C(=O)CNC(CO)CO. The van der Waals surface area contributed by atoms with Crippen molar-refractivity contribution in [3.8, 4) is 0 Å². The van der Waals surface area contributed by atoms with Crippen molar-refractivity contribution in [3.05, 3.63) is 0 Å². The van der Waals surface area contributed by atoms with Crippen LogP contribution in [0.3, 0.4) is 0 Å². The number of amides is 1. The van der Waals surface area contributed by atoms with Gasteiger partial charge in [-0.05, 0) is 0 Å². The van der Waals surface area contributed by atoms with Crippen LogP contribution in [0.5, 0.6) is 0 Å². The van der Waals surface area contributed by atoms with Gasteiger partial charge < -0.3 is 20.4 Å². The number of likely N-dealkylation sites (N-methyl/N-ethyl adjacent to an activating group) is 1. The molecule has 72 valence electrons. The Hall–Kier alpha value is -0.650. The van der Waals surface area contributed by atoms with Gasteiger partial charge in [-0.3, -0.25) is 4.79 Å². The summed E-state index contributed by atoms with van der Waals surface area (Å²) in [5.74, 6) is -0.0816. The highest BCUT2D eigenvalue weighted by molar-refractivity contribution is 5.77. The van der Waals surface area contributed by atoms with Gasteiger partial charge in [0.15, 0.2) is 0 Å². The Morgan fingerprint density at radius 3 is 2.25 bits per heavy atom. The van der Waals surface area contributed by atoms with Crippen LogP contribution in [0.1, 0.15) is 0 Å². The molecule has 0 fully saturated rings. The van der Waals surface area contributed by atoms with Gasteiger partial charge >= 0.3 is 0 Å². The first kappa shape index (κ1) is 11.4. The van der Waals surface area contributed by atoms with Crippen LogP contribution in [0.15, 0.2) is 0 Å². The molecule has 0 saturated heterocycles. The number of aliphatic hydroxyl groups is 2. The topological polar surface area (TPSA) is 72.8 Å². The molecule has 0 saturated carbocycles. The van der Waals surface area contributed by atoms with Crippen molar-refractivity contribution in [3.63, 3.8) is 0 Å². The second-order valence-electron chi connectivity index (χ2n) is 2.73. The minimum Gasteiger partial charge on any atom is -0.395 e. The molecular formula is C7H16N2O3. The van der Waals surface area contributed by atoms with Crippen LogP contribution < -0.4 is 5.32 Å². The highest BCUT2D eigenvalue weighted by atomic mass is 16.3. The van der Waals surface area contributed by atoms with Gasteiger partial charge in [0.1, 0.15) is 0 Å². The molecule has 0 bridgehead atoms. The number of nitrogens with one attached hydrogen (secondary N) is 1. The second-order valence-corrected chi connectivity index (χ2v) is 2.73. The standard InChI is InChI=1S/C7H16N2O3/c1-9(2)7(12)3-8-6(4-10)5-11/h6,8,10-11H,3-5H2,1-2H3. The molecule has 0 aromatic carbocycles. The molecule has 1 amide bonds. The molecule has 0 heterocycles. The van der Waals surface area contributed by atoms with Crippen LogP contribution >= 0.6 is 0 Å². The number of hydrogen-bond donors (Lipinski definition) is 3. The fourth-order valence-corrected chi connectivity index (χ4v) is 0.577. The van der Waals surface area contributed by atoms with Crippen LogP contribution in [0.2, 0.25) is 0 Å². The summed E-state index contributed by atoms with van der Waals surface area (Å²) < 4.78 is 0. The lowest BCUT2D eigenvalue weighted by molar-refractivity contribution is -0.127. The van der Waals surface area contributed by atoms with Gasteiger partial charge in [0.25, 0.3) is 0 Å². The number of nitrogens with zero attached hydrogens (tertiary/aromatic N) is 1. The average Bonchev–Trinajstić information content (AvgIpc) is 2.05. The Balaban J connectivity index is 3.59. The van der Waals surface area contributed by atoms with Crippen molar-refractivity contribution >= 4 is 5.91 Å². The van der Waals surface area contributed by atoms with E-state index in [0.29, 0.717) is 0 Å². The maximum Gasteiger partial charge on any atom is 0.236 e. The zero-order valence-electron chi connectivity index (χ0n) is 7.45. The average molecular weight is 176 g/mol. The van der Waals surface area contributed by atoms with E-state index < -0.39 is 6.04 Å². The van der Waals surface area contributed by atoms with Crippen LogP contribution in [0, 0.1) is 0 Å². The van der Waals surface area contributed by atoms with E-state index in [-0.39, 0.29) is 25.7 Å². The van der Waals surface area contributed by atoms with E-state index in [1.165, 1.54) is 4.90 Å². The Bertz CT molecular complexity index is 135. The lowest BCUT2D eigenvalue weighted by Gasteiger charge is -2.15. The van der Waals surface area contributed by atoms with Gasteiger partial charge in [0.2, 0.25) is 5.91 Å². The Morgan fingerprint density at radius 2 is 1.92 bits per heavy atom. The summed E-state index contributed by atoms with van der Waals surface area (Å²) in [5.41, 5.74) is 0. The summed E-state index contributed by atoms with van der Waals surface area (Å²) in [6.45, 7) is -0.201. The van der Waals surface area contributed by atoms with Crippen molar-refractivity contribution in [2.75, 3.05) is 33.9 Å². The molecule has 5 heteroatoms. The van der Waals surface area contributed by atoms with Crippen molar-refractivity contribution in [1.29, 1.82) is 0 Å². The Morgan fingerprint density at radius 1 is 1.42 bits per heavy atom. The molecule has 0 aliphatic rings. The zero-order valence-corrected chi connectivity index (χ0v) is 7.45. The highest BCUT2D eigenvalue weighted by Gasteiger charge is 2.08. The van der Waals surface area contributed by atoms with E-state index >= 15 is 0 Å². The molecule has 0 aromatic heterocycles. The van der Waals surface area contributed by atoms with Gasteiger partial charge in [-0.1, -0.05) is 0 Å². The van der Waals surface area contributed by atoms with Gasteiger partial charge in [-0.25, -0.2) is 0 Å². The first-order chi connectivity index (χ1) is 5.61. The van der Waals surface area contributed by atoms with Crippen LogP contribution in [-0.4, -0.2) is 60.9 Å². The van der Waals surface area contributed by atoms with Gasteiger partial charge in [0.05, 0.1) is 25.8 Å². The van der Waals surface area contributed by atoms with E-state index in [1.807, 2.05) is 0 Å². The maximum absolute atomic E-state index is 11.0. The molecular weight excluding hydrogens is 160 g/mol. The molecule has 5 nitrogen and oxygen atoms in total. The number of carbonyl (C=O) groups is 1. The number of carbonyl (C=O) groups excluding carboxylic acids is 1. The fraction of sp³-hybridized carbons (Fsp3) is 0.857. The Kier molecular flexibility index (Phi) is 5.61. The molecule has 0 rings (SSSR count). The van der Waals surface area contributed by atoms with E-state index in [9.17, 15) is 4.79 Å². The van der Waals surface area contributed by atoms with Crippen LogP contribution in [0.4, 0.5) is 0 Å². The molecule has 0 atom stereocenters. The van der Waals surface area contributed by atoms with Crippen molar-refractivity contribution < 1.29 is 15.0 Å². The first-order valence-electron chi connectivity index (χ1n) is 3.77. The molecule has 0 aliphatic carbocycles. The fourth-order valence-electron chi connectivity index (χ4n) is 0.577. The maximum atomic E-state index is 11.0. The third-order valence-electron chi connectivity index (χ3n) is 1.48. The summed E-state index contributed by atoms with van der Waals surface area (Å²) in [6.07, 6.45) is 0. The minimum atomic E-state index is -0.408. The summed E-state index contributed by atoms with van der Waals surface area (Å²) >= 11 is 0. The first-order valence-corrected chi connectivity index (χ1v) is 3.77. The molecule has 0 spiro atoms. The second kappa shape index (κ2) is 5.93. The van der Waals surface area contributed by atoms with E-state index in [0.717, 1.165) is 0 Å². The summed E-state index contributed by atoms with van der Waals surface area (Å²) in [7, 11) is 3.30. The van der Waals surface area contributed by atoms with Crippen LogP contribution in [0.25, 0.3) is 0 Å². The zero-order chi connectivity index (χ0) is 9.56. The monoisotopic (exact) mass is 176 g/mol. The molecule has 0 aromatic rings. The van der Waals surface area contributed by atoms with Gasteiger partial charge in [-0.15, -0.1) is 0 Å². The lowest BCUT2D eigenvalue weighted by Crippen LogP contribution is -2.42. The van der Waals surface area contributed by atoms with Gasteiger partial charge in [0, 0.05) is 14.1 Å². The summed E-state index contributed by atoms with van der Waals surface area (Å²) in [5, 5.41) is 20.0. The molecule has 3 N–H and O–H groups in total. The van der Waals surface area contributed by atoms with E-state index in [2.05, 4.69) is 5.32 Å². The number of aliphatic hydroxyl groups excluding tert-OH is 2. The smallest absolute Gasteiger partial charge is 0.236 e. The van der Waals surface area contributed by atoms with Crippen molar-refractivity contribution in [2.24, 2.45) is 0 Å². The van der Waals surface area contributed by atoms with Crippen molar-refractivity contribution in [1.82, 2.24) is 10.2 Å². The third-order valence-corrected chi connectivity index (χ3v) is 1.48. The molecule has 0 radical (unpaired) electrons. The van der Waals surface area contributed by atoms with Crippen LogP contribution in [-0.2, 0) is 4.79 Å². The lowest BCUT2D eigenvalue weighted by atomic mass is 10.3. The minimum absolute atomic E-state index is 0.0816. The van der Waals surface area contributed by atoms with E-state index in [4.69, 9.17) is 10.2 Å². The van der Waals surface area contributed by atoms with Gasteiger partial charge in [-0.2, -0.15) is 0 Å². The largest absolute Gasteiger partial charge is 0.395 e. The third kappa shape index (κ3) is 4.27. The van der Waals surface area contributed by atoms with E-state index in [1.54, 1.807) is 14.1 Å². The highest BCUT2D eigenvalue weighted by Crippen LogP contribution is 1.81. The van der Waals surface area contributed by atoms with Crippen molar-refractivity contribution in [2.45, 2.75) is 6.04 Å². The number of hydrogen-bond acceptors (Lipinski definition) is 4. The Labute approximate surface area is 72.0 Å². The predicted octanol–water partition coefficient (Wildman–Crippen LogP) is -1.98. The normalized spacial score (nSPS) is 10.4. The summed E-state index contributed by atoms with van der Waals surface area (Å²) in [4.78, 5) is 12.4. The predicted molar refractivity (Wildman–Crippen MR) is 44.7 cm³/mol. The quantitative estimate of drug-likeness (QED) is 0.454. The number of rotatable bonds is 5. The molecule has 0 aliphatic heterocycles. The molecule has 0 unspecified atom stereocenters. The molecule has 12 heavy (non-hydrogen) atoms.